The first-order valence-electron chi connectivity index (χ1n) is 5.67. The van der Waals surface area contributed by atoms with Gasteiger partial charge in [-0.1, -0.05) is 6.92 Å². The van der Waals surface area contributed by atoms with E-state index in [0.717, 1.165) is 11.4 Å². The number of carbonyl (C=O) groups excluding carboxylic acids is 1. The van der Waals surface area contributed by atoms with Gasteiger partial charge < -0.3 is 10.6 Å². The van der Waals surface area contributed by atoms with Crippen molar-refractivity contribution in [2.24, 2.45) is 0 Å². The van der Waals surface area contributed by atoms with Crippen molar-refractivity contribution in [3.8, 4) is 0 Å². The topological polar surface area (TPSA) is 54.0 Å². The second kappa shape index (κ2) is 7.35. The van der Waals surface area contributed by atoms with Gasteiger partial charge in [-0.2, -0.15) is 0 Å². The molecule has 0 fully saturated rings. The summed E-state index contributed by atoms with van der Waals surface area (Å²) < 4.78 is 0. The Balaban J connectivity index is 2.27. The lowest BCUT2D eigenvalue weighted by molar-refractivity contribution is -0.120. The molecular weight excluding hydrogens is 222 g/mol. The van der Waals surface area contributed by atoms with Crippen LogP contribution in [-0.4, -0.2) is 24.0 Å². The molecule has 2 N–H and O–H groups in total. The zero-order valence-electron chi connectivity index (χ0n) is 9.82. The molecule has 1 atom stereocenters. The van der Waals surface area contributed by atoms with Gasteiger partial charge in [0.25, 0.3) is 0 Å². The maximum absolute atomic E-state index is 11.2. The molecule has 1 unspecified atom stereocenters. The van der Waals surface area contributed by atoms with Gasteiger partial charge in [-0.3, -0.25) is 4.79 Å². The second-order valence-electron chi connectivity index (χ2n) is 3.49. The van der Waals surface area contributed by atoms with Crippen molar-refractivity contribution in [2.45, 2.75) is 32.7 Å². The van der Waals surface area contributed by atoms with Crippen LogP contribution in [0.5, 0.6) is 0 Å². The number of aromatic nitrogens is 1. The van der Waals surface area contributed by atoms with E-state index < -0.39 is 0 Å². The molecule has 0 aromatic carbocycles. The number of carbonyl (C=O) groups is 1. The summed E-state index contributed by atoms with van der Waals surface area (Å²) in [5, 5.41) is 9.20. The van der Waals surface area contributed by atoms with Crippen molar-refractivity contribution in [2.75, 3.05) is 13.1 Å². The van der Waals surface area contributed by atoms with Crippen LogP contribution in [0.1, 0.15) is 37.7 Å². The molecule has 0 aliphatic carbocycles. The minimum Gasteiger partial charge on any atom is -0.356 e. The summed E-state index contributed by atoms with van der Waals surface area (Å²) in [5.41, 5.74) is 0. The highest BCUT2D eigenvalue weighted by Gasteiger charge is 2.11. The summed E-state index contributed by atoms with van der Waals surface area (Å²) in [7, 11) is 0. The second-order valence-corrected chi connectivity index (χ2v) is 4.41. The van der Waals surface area contributed by atoms with Crippen molar-refractivity contribution < 1.29 is 4.79 Å². The number of amides is 1. The van der Waals surface area contributed by atoms with E-state index in [9.17, 15) is 4.79 Å². The third-order valence-corrected chi connectivity index (χ3v) is 3.16. The summed E-state index contributed by atoms with van der Waals surface area (Å²) in [5.74, 6) is 0.101. The van der Waals surface area contributed by atoms with Crippen LogP contribution in [0.3, 0.4) is 0 Å². The molecule has 0 aliphatic heterocycles. The highest BCUT2D eigenvalue weighted by atomic mass is 32.1. The third kappa shape index (κ3) is 4.28. The number of thiazole rings is 1. The average molecular weight is 241 g/mol. The minimum atomic E-state index is 0.101. The fraction of sp³-hybridized carbons (Fsp3) is 0.636. The first kappa shape index (κ1) is 13.1. The van der Waals surface area contributed by atoms with Crippen LogP contribution in [0, 0.1) is 0 Å². The fourth-order valence-electron chi connectivity index (χ4n) is 1.46. The Bertz CT molecular complexity index is 300. The van der Waals surface area contributed by atoms with E-state index in [1.807, 2.05) is 18.5 Å². The third-order valence-electron chi connectivity index (χ3n) is 2.27. The molecule has 0 radical (unpaired) electrons. The SMILES string of the molecule is CCNC(=O)CCNC(CC)c1nccs1. The van der Waals surface area contributed by atoms with Gasteiger partial charge in [-0.25, -0.2) is 4.98 Å². The van der Waals surface area contributed by atoms with E-state index >= 15 is 0 Å². The lowest BCUT2D eigenvalue weighted by Gasteiger charge is -2.13. The molecule has 0 aliphatic rings. The Morgan fingerprint density at radius 3 is 2.94 bits per heavy atom. The van der Waals surface area contributed by atoms with Crippen LogP contribution < -0.4 is 10.6 Å². The summed E-state index contributed by atoms with van der Waals surface area (Å²) in [4.78, 5) is 15.5. The van der Waals surface area contributed by atoms with E-state index in [2.05, 4.69) is 22.5 Å². The Hall–Kier alpha value is -0.940. The summed E-state index contributed by atoms with van der Waals surface area (Å²) in [6.07, 6.45) is 3.33. The van der Waals surface area contributed by atoms with Crippen LogP contribution in [0.15, 0.2) is 11.6 Å². The predicted octanol–water partition coefficient (Wildman–Crippen LogP) is 1.71. The van der Waals surface area contributed by atoms with Crippen molar-refractivity contribution >= 4 is 17.2 Å². The highest BCUT2D eigenvalue weighted by molar-refractivity contribution is 7.09. The lowest BCUT2D eigenvalue weighted by atomic mass is 10.2. The monoisotopic (exact) mass is 241 g/mol. The van der Waals surface area contributed by atoms with Crippen molar-refractivity contribution in [3.05, 3.63) is 16.6 Å². The van der Waals surface area contributed by atoms with Crippen LogP contribution >= 0.6 is 11.3 Å². The Kier molecular flexibility index (Phi) is 6.03. The zero-order valence-corrected chi connectivity index (χ0v) is 10.6. The van der Waals surface area contributed by atoms with Gasteiger partial charge in [0, 0.05) is 31.1 Å². The van der Waals surface area contributed by atoms with Gasteiger partial charge in [0.05, 0.1) is 6.04 Å². The molecule has 5 heteroatoms. The molecule has 1 heterocycles. The Labute approximate surface area is 100 Å². The smallest absolute Gasteiger partial charge is 0.221 e. The van der Waals surface area contributed by atoms with Gasteiger partial charge in [0.2, 0.25) is 5.91 Å². The molecule has 0 bridgehead atoms. The van der Waals surface area contributed by atoms with Crippen molar-refractivity contribution in [1.82, 2.24) is 15.6 Å². The number of nitrogens with one attached hydrogen (secondary N) is 2. The lowest BCUT2D eigenvalue weighted by Crippen LogP contribution is -2.29. The van der Waals surface area contributed by atoms with Crippen molar-refractivity contribution in [3.63, 3.8) is 0 Å². The number of hydrogen-bond acceptors (Lipinski definition) is 4. The van der Waals surface area contributed by atoms with Gasteiger partial charge in [-0.15, -0.1) is 11.3 Å². The molecule has 1 amide bonds. The van der Waals surface area contributed by atoms with E-state index in [-0.39, 0.29) is 11.9 Å². The normalized spacial score (nSPS) is 12.4. The molecule has 1 aromatic heterocycles. The molecule has 0 saturated heterocycles. The standard InChI is InChI=1S/C11H19N3OS/c1-3-9(11-14-7-8-16-11)13-6-5-10(15)12-4-2/h7-9,13H,3-6H2,1-2H3,(H,12,15). The fourth-order valence-corrected chi connectivity index (χ4v) is 2.26. The summed E-state index contributed by atoms with van der Waals surface area (Å²) in [6, 6.07) is 0.273. The highest BCUT2D eigenvalue weighted by Crippen LogP contribution is 2.18. The summed E-state index contributed by atoms with van der Waals surface area (Å²) >= 11 is 1.65. The predicted molar refractivity (Wildman–Crippen MR) is 66.4 cm³/mol. The van der Waals surface area contributed by atoms with Crippen LogP contribution in [0.4, 0.5) is 0 Å². The van der Waals surface area contributed by atoms with Crippen LogP contribution in [0.2, 0.25) is 0 Å². The first-order valence-corrected chi connectivity index (χ1v) is 6.55. The maximum atomic E-state index is 11.2. The molecule has 90 valence electrons. The number of hydrogen-bond donors (Lipinski definition) is 2. The van der Waals surface area contributed by atoms with E-state index in [0.29, 0.717) is 19.5 Å². The molecule has 0 spiro atoms. The largest absolute Gasteiger partial charge is 0.356 e. The number of rotatable bonds is 7. The molecular formula is C11H19N3OS. The van der Waals surface area contributed by atoms with Gasteiger partial charge in [-0.05, 0) is 13.3 Å². The van der Waals surface area contributed by atoms with Gasteiger partial charge in [0.1, 0.15) is 5.01 Å². The van der Waals surface area contributed by atoms with E-state index in [1.54, 1.807) is 11.3 Å². The summed E-state index contributed by atoms with van der Waals surface area (Å²) in [6.45, 7) is 5.44. The Morgan fingerprint density at radius 1 is 1.56 bits per heavy atom. The van der Waals surface area contributed by atoms with E-state index in [1.165, 1.54) is 0 Å². The van der Waals surface area contributed by atoms with Gasteiger partial charge >= 0.3 is 0 Å². The Morgan fingerprint density at radius 2 is 2.38 bits per heavy atom. The molecule has 1 aromatic rings. The van der Waals surface area contributed by atoms with Gasteiger partial charge in [0.15, 0.2) is 0 Å². The maximum Gasteiger partial charge on any atom is 0.221 e. The first-order chi connectivity index (χ1) is 7.77. The van der Waals surface area contributed by atoms with Crippen LogP contribution in [0.25, 0.3) is 0 Å². The molecule has 0 saturated carbocycles. The number of nitrogens with zero attached hydrogens (tertiary/aromatic N) is 1. The zero-order chi connectivity index (χ0) is 11.8. The van der Waals surface area contributed by atoms with Crippen molar-refractivity contribution in [1.29, 1.82) is 0 Å². The van der Waals surface area contributed by atoms with Crippen LogP contribution in [-0.2, 0) is 4.79 Å². The molecule has 4 nitrogen and oxygen atoms in total. The minimum absolute atomic E-state index is 0.101. The average Bonchev–Trinajstić information content (AvgIpc) is 2.78. The van der Waals surface area contributed by atoms with E-state index in [4.69, 9.17) is 0 Å². The molecule has 1 rings (SSSR count). The molecule has 16 heavy (non-hydrogen) atoms. The quantitative estimate of drug-likeness (QED) is 0.764.